The zero-order chi connectivity index (χ0) is 18.0. The highest BCUT2D eigenvalue weighted by atomic mass is 79.9. The second-order valence-electron chi connectivity index (χ2n) is 5.81. The molecule has 0 unspecified atom stereocenters. The number of hydrogen-bond donors (Lipinski definition) is 0. The Morgan fingerprint density at radius 2 is 1.72 bits per heavy atom. The van der Waals surface area contributed by atoms with Gasteiger partial charge in [-0.25, -0.2) is 4.79 Å². The van der Waals surface area contributed by atoms with Gasteiger partial charge in [0.25, 0.3) is 11.8 Å². The first kappa shape index (κ1) is 17.4. The van der Waals surface area contributed by atoms with Crippen LogP contribution in [-0.2, 0) is 4.74 Å². The monoisotopic (exact) mass is 401 g/mol. The normalized spacial score (nSPS) is 13.1. The van der Waals surface area contributed by atoms with Gasteiger partial charge in [-0.3, -0.25) is 14.5 Å². The van der Waals surface area contributed by atoms with Crippen LogP contribution in [0.3, 0.4) is 0 Å². The van der Waals surface area contributed by atoms with Gasteiger partial charge in [-0.1, -0.05) is 33.6 Å². The van der Waals surface area contributed by atoms with E-state index in [1.807, 2.05) is 19.1 Å². The summed E-state index contributed by atoms with van der Waals surface area (Å²) >= 11 is 3.30. The minimum Gasteiger partial charge on any atom is -0.462 e. The smallest absolute Gasteiger partial charge is 0.338 e. The first-order chi connectivity index (χ1) is 12.0. The van der Waals surface area contributed by atoms with Gasteiger partial charge in [0, 0.05) is 11.0 Å². The second-order valence-corrected chi connectivity index (χ2v) is 6.72. The lowest BCUT2D eigenvalue weighted by Gasteiger charge is -2.13. The van der Waals surface area contributed by atoms with Crippen LogP contribution in [0.25, 0.3) is 0 Å². The largest absolute Gasteiger partial charge is 0.462 e. The molecule has 128 valence electrons. The third-order valence-corrected chi connectivity index (χ3v) is 4.47. The van der Waals surface area contributed by atoms with Gasteiger partial charge >= 0.3 is 5.97 Å². The molecule has 2 aromatic rings. The number of amides is 2. The number of nitrogens with zero attached hydrogens (tertiary/aromatic N) is 1. The van der Waals surface area contributed by atoms with Gasteiger partial charge in [-0.15, -0.1) is 0 Å². The molecular formula is C19H16BrNO4. The molecule has 1 aliphatic rings. The fraction of sp³-hybridized carbons (Fsp3) is 0.211. The molecular weight excluding hydrogens is 386 g/mol. The van der Waals surface area contributed by atoms with E-state index in [4.69, 9.17) is 4.74 Å². The van der Waals surface area contributed by atoms with Crippen LogP contribution in [0.2, 0.25) is 0 Å². The molecule has 2 amide bonds. The van der Waals surface area contributed by atoms with E-state index in [0.29, 0.717) is 23.1 Å². The average molecular weight is 402 g/mol. The number of ether oxygens (including phenoxy) is 1. The van der Waals surface area contributed by atoms with Crippen molar-refractivity contribution in [2.75, 3.05) is 13.2 Å². The van der Waals surface area contributed by atoms with Crippen LogP contribution in [0, 0.1) is 6.92 Å². The maximum Gasteiger partial charge on any atom is 0.338 e. The molecule has 0 spiro atoms. The first-order valence-electron chi connectivity index (χ1n) is 7.87. The zero-order valence-electron chi connectivity index (χ0n) is 13.6. The highest BCUT2D eigenvalue weighted by Crippen LogP contribution is 2.26. The summed E-state index contributed by atoms with van der Waals surface area (Å²) in [6.45, 7) is 2.30. The SMILES string of the molecule is Cc1ccc(C(=O)OCCCN2C(=O)c3ccc(Br)cc3C2=O)cc1. The van der Waals surface area contributed by atoms with Crippen molar-refractivity contribution in [2.24, 2.45) is 0 Å². The molecule has 3 rings (SSSR count). The lowest BCUT2D eigenvalue weighted by Crippen LogP contribution is -2.31. The molecule has 6 heteroatoms. The van der Waals surface area contributed by atoms with Gasteiger partial charge in [0.1, 0.15) is 0 Å². The number of esters is 1. The summed E-state index contributed by atoms with van der Waals surface area (Å²) in [5, 5.41) is 0. The van der Waals surface area contributed by atoms with E-state index in [2.05, 4.69) is 15.9 Å². The molecule has 5 nitrogen and oxygen atoms in total. The molecule has 0 saturated carbocycles. The standard InChI is InChI=1S/C19H16BrNO4/c1-12-3-5-13(6-4-12)19(24)25-10-2-9-21-17(22)15-8-7-14(20)11-16(15)18(21)23/h3-8,11H,2,9-10H2,1H3. The third-order valence-electron chi connectivity index (χ3n) is 3.98. The van der Waals surface area contributed by atoms with E-state index in [9.17, 15) is 14.4 Å². The molecule has 2 aromatic carbocycles. The van der Waals surface area contributed by atoms with Crippen LogP contribution >= 0.6 is 15.9 Å². The Bertz CT molecular complexity index is 845. The molecule has 0 atom stereocenters. The van der Waals surface area contributed by atoms with Crippen LogP contribution in [0.15, 0.2) is 46.9 Å². The van der Waals surface area contributed by atoms with E-state index >= 15 is 0 Å². The highest BCUT2D eigenvalue weighted by molar-refractivity contribution is 9.10. The molecule has 0 bridgehead atoms. The maximum atomic E-state index is 12.3. The quantitative estimate of drug-likeness (QED) is 0.436. The van der Waals surface area contributed by atoms with Crippen LogP contribution < -0.4 is 0 Å². The van der Waals surface area contributed by atoms with Crippen LogP contribution in [0.5, 0.6) is 0 Å². The maximum absolute atomic E-state index is 12.3. The summed E-state index contributed by atoms with van der Waals surface area (Å²) in [6, 6.07) is 12.1. The van der Waals surface area contributed by atoms with Crippen molar-refractivity contribution in [3.8, 4) is 0 Å². The first-order valence-corrected chi connectivity index (χ1v) is 8.66. The fourth-order valence-corrected chi connectivity index (χ4v) is 2.99. The second kappa shape index (κ2) is 7.19. The molecule has 25 heavy (non-hydrogen) atoms. The Labute approximate surface area is 153 Å². The molecule has 0 radical (unpaired) electrons. The minimum absolute atomic E-state index is 0.143. The average Bonchev–Trinajstić information content (AvgIpc) is 2.83. The molecule has 1 aliphatic heterocycles. The zero-order valence-corrected chi connectivity index (χ0v) is 15.2. The summed E-state index contributed by atoms with van der Waals surface area (Å²) in [5.74, 6) is -1.03. The van der Waals surface area contributed by atoms with Crippen LogP contribution in [0.4, 0.5) is 0 Å². The third kappa shape index (κ3) is 3.64. The fourth-order valence-electron chi connectivity index (χ4n) is 2.63. The molecule has 0 aromatic heterocycles. The van der Waals surface area contributed by atoms with Crippen molar-refractivity contribution in [3.05, 3.63) is 69.2 Å². The Hall–Kier alpha value is -2.47. The number of carbonyl (C=O) groups is 3. The van der Waals surface area contributed by atoms with Crippen molar-refractivity contribution >= 4 is 33.7 Å². The summed E-state index contributed by atoms with van der Waals surface area (Å²) in [5.41, 5.74) is 2.35. The van der Waals surface area contributed by atoms with E-state index in [1.165, 1.54) is 4.90 Å². The predicted molar refractivity (Wildman–Crippen MR) is 95.6 cm³/mol. The topological polar surface area (TPSA) is 63.7 Å². The summed E-state index contributed by atoms with van der Waals surface area (Å²) in [7, 11) is 0. The van der Waals surface area contributed by atoms with Crippen LogP contribution in [0.1, 0.15) is 43.1 Å². The van der Waals surface area contributed by atoms with Gasteiger partial charge in [0.05, 0.1) is 23.3 Å². The van der Waals surface area contributed by atoms with Crippen molar-refractivity contribution in [1.82, 2.24) is 4.90 Å². The Kier molecular flexibility index (Phi) is 4.99. The van der Waals surface area contributed by atoms with E-state index < -0.39 is 5.97 Å². The number of imide groups is 1. The van der Waals surface area contributed by atoms with Crippen molar-refractivity contribution in [1.29, 1.82) is 0 Å². The van der Waals surface area contributed by atoms with Gasteiger partial charge < -0.3 is 4.74 Å². The molecule has 0 fully saturated rings. The lowest BCUT2D eigenvalue weighted by atomic mass is 10.1. The molecule has 0 N–H and O–H groups in total. The summed E-state index contributed by atoms with van der Waals surface area (Å²) in [4.78, 5) is 37.7. The highest BCUT2D eigenvalue weighted by Gasteiger charge is 2.35. The Balaban J connectivity index is 1.53. The summed E-state index contributed by atoms with van der Waals surface area (Å²) < 4.78 is 5.95. The number of aryl methyl sites for hydroxylation is 1. The van der Waals surface area contributed by atoms with Crippen molar-refractivity contribution < 1.29 is 19.1 Å². The number of rotatable bonds is 5. The van der Waals surface area contributed by atoms with E-state index in [0.717, 1.165) is 10.0 Å². The van der Waals surface area contributed by atoms with E-state index in [1.54, 1.807) is 30.3 Å². The van der Waals surface area contributed by atoms with Crippen molar-refractivity contribution in [3.63, 3.8) is 0 Å². The Morgan fingerprint density at radius 3 is 2.44 bits per heavy atom. The number of halogens is 1. The molecule has 0 aliphatic carbocycles. The van der Waals surface area contributed by atoms with E-state index in [-0.39, 0.29) is 25.0 Å². The molecule has 0 saturated heterocycles. The summed E-state index contributed by atoms with van der Waals surface area (Å²) in [6.07, 6.45) is 0.393. The predicted octanol–water partition coefficient (Wildman–Crippen LogP) is 3.60. The number of carbonyl (C=O) groups excluding carboxylic acids is 3. The lowest BCUT2D eigenvalue weighted by molar-refractivity contribution is 0.0482. The number of hydrogen-bond acceptors (Lipinski definition) is 4. The van der Waals surface area contributed by atoms with Crippen molar-refractivity contribution in [2.45, 2.75) is 13.3 Å². The van der Waals surface area contributed by atoms with Gasteiger partial charge in [0.2, 0.25) is 0 Å². The van der Waals surface area contributed by atoms with Gasteiger partial charge in [-0.2, -0.15) is 0 Å². The van der Waals surface area contributed by atoms with Crippen LogP contribution in [-0.4, -0.2) is 35.8 Å². The number of benzene rings is 2. The van der Waals surface area contributed by atoms with Gasteiger partial charge in [0.15, 0.2) is 0 Å². The molecule has 1 heterocycles. The van der Waals surface area contributed by atoms with Gasteiger partial charge in [-0.05, 0) is 43.7 Å². The minimum atomic E-state index is -0.411. The number of fused-ring (bicyclic) bond motifs is 1. The Morgan fingerprint density at radius 1 is 1.04 bits per heavy atom.